The molecule has 1 saturated carbocycles. The Balaban J connectivity index is 2.35. The summed E-state index contributed by atoms with van der Waals surface area (Å²) in [7, 11) is 1.90. The number of hydrogen-bond donors (Lipinski definition) is 1. The van der Waals surface area contributed by atoms with Crippen molar-refractivity contribution in [1.29, 1.82) is 0 Å². The SMILES string of the molecule is CCOC(c1nc(CC)c(I)c(NC)n1)C1CC1. The molecule has 1 aromatic heterocycles. The quantitative estimate of drug-likeness (QED) is 0.791. The number of ether oxygens (including phenoxy) is 1. The molecule has 100 valence electrons. The predicted molar refractivity (Wildman–Crippen MR) is 80.8 cm³/mol. The van der Waals surface area contributed by atoms with Crippen LogP contribution in [0, 0.1) is 9.49 Å². The molecule has 0 aromatic carbocycles. The van der Waals surface area contributed by atoms with Crippen LogP contribution in [0.3, 0.4) is 0 Å². The maximum atomic E-state index is 5.84. The highest BCUT2D eigenvalue weighted by molar-refractivity contribution is 14.1. The van der Waals surface area contributed by atoms with Crippen molar-refractivity contribution in [2.24, 2.45) is 5.92 Å². The molecule has 1 fully saturated rings. The average molecular weight is 361 g/mol. The fraction of sp³-hybridized carbons (Fsp3) is 0.692. The van der Waals surface area contributed by atoms with Crippen molar-refractivity contribution in [3.05, 3.63) is 15.1 Å². The summed E-state index contributed by atoms with van der Waals surface area (Å²) in [5.74, 6) is 2.38. The molecule has 1 aromatic rings. The smallest absolute Gasteiger partial charge is 0.160 e. The van der Waals surface area contributed by atoms with E-state index < -0.39 is 0 Å². The van der Waals surface area contributed by atoms with Crippen LogP contribution in [-0.2, 0) is 11.2 Å². The molecule has 0 radical (unpaired) electrons. The van der Waals surface area contributed by atoms with Gasteiger partial charge in [0.2, 0.25) is 0 Å². The van der Waals surface area contributed by atoms with Crippen LogP contribution in [0.25, 0.3) is 0 Å². The molecule has 1 heterocycles. The molecule has 4 nitrogen and oxygen atoms in total. The van der Waals surface area contributed by atoms with E-state index in [1.165, 1.54) is 12.8 Å². The van der Waals surface area contributed by atoms with Crippen molar-refractivity contribution >= 4 is 28.4 Å². The van der Waals surface area contributed by atoms with Crippen molar-refractivity contribution in [3.8, 4) is 0 Å². The Hall–Kier alpha value is -0.430. The van der Waals surface area contributed by atoms with E-state index >= 15 is 0 Å². The highest BCUT2D eigenvalue weighted by Crippen LogP contribution is 2.42. The number of aromatic nitrogens is 2. The van der Waals surface area contributed by atoms with E-state index in [9.17, 15) is 0 Å². The molecular formula is C13H20IN3O. The third-order valence-electron chi connectivity index (χ3n) is 3.16. The second kappa shape index (κ2) is 6.14. The molecule has 18 heavy (non-hydrogen) atoms. The van der Waals surface area contributed by atoms with Gasteiger partial charge in [0.25, 0.3) is 0 Å². The zero-order chi connectivity index (χ0) is 13.1. The Labute approximate surface area is 122 Å². The van der Waals surface area contributed by atoms with Crippen LogP contribution in [0.15, 0.2) is 0 Å². The van der Waals surface area contributed by atoms with Gasteiger partial charge in [-0.05, 0) is 54.7 Å². The van der Waals surface area contributed by atoms with Gasteiger partial charge in [0.15, 0.2) is 5.82 Å². The lowest BCUT2D eigenvalue weighted by Gasteiger charge is -2.17. The zero-order valence-corrected chi connectivity index (χ0v) is 13.3. The van der Waals surface area contributed by atoms with Crippen molar-refractivity contribution in [1.82, 2.24) is 9.97 Å². The second-order valence-corrected chi connectivity index (χ2v) is 5.59. The van der Waals surface area contributed by atoms with Gasteiger partial charge in [-0.25, -0.2) is 9.97 Å². The van der Waals surface area contributed by atoms with Gasteiger partial charge in [-0.1, -0.05) is 6.92 Å². The van der Waals surface area contributed by atoms with Crippen LogP contribution in [0.2, 0.25) is 0 Å². The summed E-state index contributed by atoms with van der Waals surface area (Å²) in [6, 6.07) is 0. The van der Waals surface area contributed by atoms with Gasteiger partial charge in [-0.2, -0.15) is 0 Å². The Kier molecular flexibility index (Phi) is 4.77. The largest absolute Gasteiger partial charge is 0.372 e. The van der Waals surface area contributed by atoms with Gasteiger partial charge >= 0.3 is 0 Å². The van der Waals surface area contributed by atoms with Crippen LogP contribution >= 0.6 is 22.6 Å². The van der Waals surface area contributed by atoms with Crippen molar-refractivity contribution in [3.63, 3.8) is 0 Å². The summed E-state index contributed by atoms with van der Waals surface area (Å²) >= 11 is 2.31. The van der Waals surface area contributed by atoms with Crippen LogP contribution in [0.1, 0.15) is 44.3 Å². The maximum Gasteiger partial charge on any atom is 0.160 e. The molecule has 0 bridgehead atoms. The van der Waals surface area contributed by atoms with E-state index in [2.05, 4.69) is 39.8 Å². The van der Waals surface area contributed by atoms with E-state index in [-0.39, 0.29) is 6.10 Å². The second-order valence-electron chi connectivity index (χ2n) is 4.51. The van der Waals surface area contributed by atoms with Crippen molar-refractivity contribution in [2.45, 2.75) is 39.2 Å². The van der Waals surface area contributed by atoms with Crippen LogP contribution < -0.4 is 5.32 Å². The number of hydrogen-bond acceptors (Lipinski definition) is 4. The lowest BCUT2D eigenvalue weighted by molar-refractivity contribution is 0.0399. The van der Waals surface area contributed by atoms with Gasteiger partial charge in [0.05, 0.1) is 9.26 Å². The van der Waals surface area contributed by atoms with E-state index in [1.54, 1.807) is 0 Å². The van der Waals surface area contributed by atoms with Crippen LogP contribution in [-0.4, -0.2) is 23.6 Å². The highest BCUT2D eigenvalue weighted by Gasteiger charge is 2.35. The van der Waals surface area contributed by atoms with E-state index in [1.807, 2.05) is 14.0 Å². The minimum atomic E-state index is 0.0735. The van der Waals surface area contributed by atoms with Gasteiger partial charge in [0, 0.05) is 13.7 Å². The molecule has 0 saturated heterocycles. The fourth-order valence-electron chi connectivity index (χ4n) is 2.04. The molecular weight excluding hydrogens is 341 g/mol. The predicted octanol–water partition coefficient (Wildman–Crippen LogP) is 3.17. The van der Waals surface area contributed by atoms with Crippen molar-refractivity contribution < 1.29 is 4.74 Å². The minimum Gasteiger partial charge on any atom is -0.372 e. The topological polar surface area (TPSA) is 47.0 Å². The molecule has 0 aliphatic heterocycles. The summed E-state index contributed by atoms with van der Waals surface area (Å²) < 4.78 is 6.95. The molecule has 1 atom stereocenters. The van der Waals surface area contributed by atoms with Crippen LogP contribution in [0.4, 0.5) is 5.82 Å². The van der Waals surface area contributed by atoms with E-state index in [0.717, 1.165) is 27.3 Å². The Bertz CT molecular complexity index is 396. The molecule has 1 aliphatic rings. The highest BCUT2D eigenvalue weighted by atomic mass is 127. The van der Waals surface area contributed by atoms with E-state index in [4.69, 9.17) is 9.72 Å². The molecule has 1 N–H and O–H groups in total. The molecule has 0 spiro atoms. The lowest BCUT2D eigenvalue weighted by atomic mass is 10.2. The number of halogens is 1. The normalized spacial score (nSPS) is 16.7. The fourth-order valence-corrected chi connectivity index (χ4v) is 2.93. The number of aryl methyl sites for hydroxylation is 1. The third kappa shape index (κ3) is 2.93. The third-order valence-corrected chi connectivity index (χ3v) is 4.29. The molecule has 1 unspecified atom stereocenters. The standard InChI is InChI=1S/C13H20IN3O/c1-4-9-10(14)12(15-3)17-13(16-9)11(18-5-2)8-6-7-8/h8,11H,4-7H2,1-3H3,(H,15,16,17). The number of anilines is 1. The number of rotatable bonds is 6. The van der Waals surface area contributed by atoms with Crippen LogP contribution in [0.5, 0.6) is 0 Å². The van der Waals surface area contributed by atoms with Gasteiger partial charge in [-0.15, -0.1) is 0 Å². The Morgan fingerprint density at radius 3 is 2.61 bits per heavy atom. The van der Waals surface area contributed by atoms with Crippen molar-refractivity contribution in [2.75, 3.05) is 19.0 Å². The maximum absolute atomic E-state index is 5.84. The Morgan fingerprint density at radius 1 is 1.39 bits per heavy atom. The molecule has 0 amide bonds. The van der Waals surface area contributed by atoms with Gasteiger partial charge < -0.3 is 10.1 Å². The summed E-state index contributed by atoms with van der Waals surface area (Å²) in [4.78, 5) is 9.32. The van der Waals surface area contributed by atoms with E-state index in [0.29, 0.717) is 12.5 Å². The molecule has 5 heteroatoms. The number of nitrogens with zero attached hydrogens (tertiary/aromatic N) is 2. The molecule has 1 aliphatic carbocycles. The Morgan fingerprint density at radius 2 is 2.11 bits per heavy atom. The first-order chi connectivity index (χ1) is 8.71. The lowest BCUT2D eigenvalue weighted by Crippen LogP contribution is -2.15. The summed E-state index contributed by atoms with van der Waals surface area (Å²) in [5.41, 5.74) is 1.11. The van der Waals surface area contributed by atoms with Gasteiger partial charge in [-0.3, -0.25) is 0 Å². The number of nitrogens with one attached hydrogen (secondary N) is 1. The molecule has 2 rings (SSSR count). The minimum absolute atomic E-state index is 0.0735. The summed E-state index contributed by atoms with van der Waals surface area (Å²) in [6.45, 7) is 4.87. The van der Waals surface area contributed by atoms with Gasteiger partial charge in [0.1, 0.15) is 11.9 Å². The average Bonchev–Trinajstić information content (AvgIpc) is 3.21. The zero-order valence-electron chi connectivity index (χ0n) is 11.2. The summed E-state index contributed by atoms with van der Waals surface area (Å²) in [6.07, 6.45) is 3.46. The monoisotopic (exact) mass is 361 g/mol. The first-order valence-electron chi connectivity index (χ1n) is 6.56. The first-order valence-corrected chi connectivity index (χ1v) is 7.64. The first kappa shape index (κ1) is 14.0. The summed E-state index contributed by atoms with van der Waals surface area (Å²) in [5, 5.41) is 3.15.